The van der Waals surface area contributed by atoms with E-state index in [2.05, 4.69) is 5.32 Å². The lowest BCUT2D eigenvalue weighted by atomic mass is 10.1. The van der Waals surface area contributed by atoms with Crippen LogP contribution in [0.15, 0.2) is 48.5 Å². The SMILES string of the molecule is Cl.NC(CNC(=O)C(Oc1ccc(F)cc1Cl)c1ccccc1)C1CC1. The van der Waals surface area contributed by atoms with Crippen LogP contribution in [0.2, 0.25) is 5.02 Å². The Bertz CT molecular complexity index is 742. The molecule has 1 fully saturated rings. The molecule has 26 heavy (non-hydrogen) atoms. The van der Waals surface area contributed by atoms with Gasteiger partial charge in [0.15, 0.2) is 0 Å². The predicted molar refractivity (Wildman–Crippen MR) is 102 cm³/mol. The summed E-state index contributed by atoms with van der Waals surface area (Å²) in [6.07, 6.45) is 1.33. The first-order valence-electron chi connectivity index (χ1n) is 8.24. The highest BCUT2D eigenvalue weighted by Gasteiger charge is 2.30. The molecule has 3 N–H and O–H groups in total. The van der Waals surface area contributed by atoms with Crippen molar-refractivity contribution in [1.29, 1.82) is 0 Å². The second kappa shape index (κ2) is 9.21. The van der Waals surface area contributed by atoms with Gasteiger partial charge in [-0.1, -0.05) is 41.9 Å². The first-order chi connectivity index (χ1) is 12.0. The lowest BCUT2D eigenvalue weighted by molar-refractivity contribution is -0.128. The van der Waals surface area contributed by atoms with Crippen LogP contribution in [0.1, 0.15) is 24.5 Å². The third-order valence-corrected chi connectivity index (χ3v) is 4.51. The number of rotatable bonds is 7. The molecule has 1 saturated carbocycles. The van der Waals surface area contributed by atoms with Crippen molar-refractivity contribution in [3.63, 3.8) is 0 Å². The first-order valence-corrected chi connectivity index (χ1v) is 8.62. The molecule has 2 atom stereocenters. The van der Waals surface area contributed by atoms with E-state index in [1.165, 1.54) is 12.1 Å². The van der Waals surface area contributed by atoms with Gasteiger partial charge < -0.3 is 15.8 Å². The van der Waals surface area contributed by atoms with E-state index in [0.717, 1.165) is 18.9 Å². The van der Waals surface area contributed by atoms with Crippen LogP contribution in [-0.2, 0) is 4.79 Å². The van der Waals surface area contributed by atoms with Gasteiger partial charge in [0.1, 0.15) is 11.6 Å². The third kappa shape index (κ3) is 5.34. The van der Waals surface area contributed by atoms with Gasteiger partial charge in [0.2, 0.25) is 6.10 Å². The van der Waals surface area contributed by atoms with E-state index in [1.807, 2.05) is 18.2 Å². The molecule has 0 bridgehead atoms. The molecule has 2 aromatic rings. The van der Waals surface area contributed by atoms with Crippen LogP contribution in [0.5, 0.6) is 5.75 Å². The van der Waals surface area contributed by atoms with Crippen LogP contribution in [0.3, 0.4) is 0 Å². The zero-order valence-electron chi connectivity index (χ0n) is 14.0. The summed E-state index contributed by atoms with van der Waals surface area (Å²) in [5, 5.41) is 2.96. The minimum atomic E-state index is -0.893. The standard InChI is InChI=1S/C19H20ClFN2O2.ClH/c20-15-10-14(21)8-9-17(15)25-18(13-4-2-1-3-5-13)19(24)23-11-16(22)12-6-7-12;/h1-5,8-10,12,16,18H,6-7,11,22H2,(H,23,24);1H. The van der Waals surface area contributed by atoms with E-state index in [-0.39, 0.29) is 35.1 Å². The summed E-state index contributed by atoms with van der Waals surface area (Å²) in [6.45, 7) is 0.396. The summed E-state index contributed by atoms with van der Waals surface area (Å²) in [4.78, 5) is 12.7. The van der Waals surface area contributed by atoms with E-state index < -0.39 is 11.9 Å². The normalized spacial score (nSPS) is 15.5. The molecule has 0 aliphatic heterocycles. The molecule has 4 nitrogen and oxygen atoms in total. The fraction of sp³-hybridized carbons (Fsp3) is 0.316. The Morgan fingerprint density at radius 2 is 1.96 bits per heavy atom. The summed E-state index contributed by atoms with van der Waals surface area (Å²) >= 11 is 6.03. The Kier molecular flexibility index (Phi) is 7.26. The average Bonchev–Trinajstić information content (AvgIpc) is 3.44. The largest absolute Gasteiger partial charge is 0.474 e. The minimum absolute atomic E-state index is 0. The quantitative estimate of drug-likeness (QED) is 0.743. The molecular weight excluding hydrogens is 378 g/mol. The van der Waals surface area contributed by atoms with Gasteiger partial charge in [0.25, 0.3) is 5.91 Å². The maximum atomic E-state index is 13.2. The Labute approximate surface area is 163 Å². The van der Waals surface area contributed by atoms with Gasteiger partial charge in [-0.3, -0.25) is 4.79 Å². The molecule has 0 heterocycles. The topological polar surface area (TPSA) is 64.3 Å². The maximum Gasteiger partial charge on any atom is 0.265 e. The highest BCUT2D eigenvalue weighted by Crippen LogP contribution is 2.32. The fourth-order valence-electron chi connectivity index (χ4n) is 2.60. The molecule has 0 aromatic heterocycles. The van der Waals surface area contributed by atoms with Crippen molar-refractivity contribution in [2.45, 2.75) is 25.0 Å². The van der Waals surface area contributed by atoms with Crippen molar-refractivity contribution < 1.29 is 13.9 Å². The van der Waals surface area contributed by atoms with Crippen LogP contribution in [0.4, 0.5) is 4.39 Å². The number of hydrogen-bond donors (Lipinski definition) is 2. The predicted octanol–water partition coefficient (Wildman–Crippen LogP) is 3.87. The van der Waals surface area contributed by atoms with E-state index in [1.54, 1.807) is 12.1 Å². The summed E-state index contributed by atoms with van der Waals surface area (Å²) in [5.41, 5.74) is 6.72. The number of carbonyl (C=O) groups excluding carboxylic acids is 1. The highest BCUT2D eigenvalue weighted by molar-refractivity contribution is 6.32. The second-order valence-electron chi connectivity index (χ2n) is 6.23. The van der Waals surface area contributed by atoms with Gasteiger partial charge in [-0.25, -0.2) is 4.39 Å². The molecule has 1 aliphatic carbocycles. The number of hydrogen-bond acceptors (Lipinski definition) is 3. The van der Waals surface area contributed by atoms with Gasteiger partial charge >= 0.3 is 0 Å². The Hall–Kier alpha value is -1.82. The first kappa shape index (κ1) is 20.5. The van der Waals surface area contributed by atoms with E-state index in [0.29, 0.717) is 18.0 Å². The molecule has 2 unspecified atom stereocenters. The Morgan fingerprint density at radius 3 is 2.58 bits per heavy atom. The number of nitrogens with one attached hydrogen (secondary N) is 1. The van der Waals surface area contributed by atoms with Crippen molar-refractivity contribution in [2.24, 2.45) is 11.7 Å². The number of halogens is 3. The summed E-state index contributed by atoms with van der Waals surface area (Å²) in [7, 11) is 0. The van der Waals surface area contributed by atoms with Gasteiger partial charge in [-0.05, 0) is 37.0 Å². The van der Waals surface area contributed by atoms with Crippen LogP contribution in [0, 0.1) is 11.7 Å². The number of ether oxygens (including phenoxy) is 1. The Balaban J connectivity index is 0.00000243. The average molecular weight is 399 g/mol. The second-order valence-corrected chi connectivity index (χ2v) is 6.64. The van der Waals surface area contributed by atoms with E-state index >= 15 is 0 Å². The van der Waals surface area contributed by atoms with Crippen LogP contribution >= 0.6 is 24.0 Å². The van der Waals surface area contributed by atoms with Crippen molar-refractivity contribution in [1.82, 2.24) is 5.32 Å². The summed E-state index contributed by atoms with van der Waals surface area (Å²) in [5.74, 6) is -0.0299. The molecule has 0 spiro atoms. The maximum absolute atomic E-state index is 13.2. The fourth-order valence-corrected chi connectivity index (χ4v) is 2.81. The van der Waals surface area contributed by atoms with Crippen molar-refractivity contribution in [3.8, 4) is 5.75 Å². The van der Waals surface area contributed by atoms with Gasteiger partial charge in [0.05, 0.1) is 5.02 Å². The lowest BCUT2D eigenvalue weighted by Gasteiger charge is -2.21. The molecule has 0 saturated heterocycles. The van der Waals surface area contributed by atoms with Gasteiger partial charge in [-0.2, -0.15) is 0 Å². The van der Waals surface area contributed by atoms with Crippen molar-refractivity contribution in [2.75, 3.05) is 6.54 Å². The summed E-state index contributed by atoms with van der Waals surface area (Å²) in [6, 6.07) is 12.8. The summed E-state index contributed by atoms with van der Waals surface area (Å²) < 4.78 is 19.0. The van der Waals surface area contributed by atoms with Gasteiger partial charge in [0, 0.05) is 18.2 Å². The Morgan fingerprint density at radius 1 is 1.27 bits per heavy atom. The molecule has 2 aromatic carbocycles. The van der Waals surface area contributed by atoms with Crippen LogP contribution in [0.25, 0.3) is 0 Å². The zero-order valence-corrected chi connectivity index (χ0v) is 15.6. The van der Waals surface area contributed by atoms with Crippen LogP contribution < -0.4 is 15.8 Å². The minimum Gasteiger partial charge on any atom is -0.474 e. The molecule has 140 valence electrons. The van der Waals surface area contributed by atoms with Crippen molar-refractivity contribution >= 4 is 29.9 Å². The molecule has 3 rings (SSSR count). The lowest BCUT2D eigenvalue weighted by Crippen LogP contribution is -2.41. The molecular formula is C19H21Cl2FN2O2. The number of amides is 1. The number of benzene rings is 2. The van der Waals surface area contributed by atoms with Crippen molar-refractivity contribution in [3.05, 3.63) is 64.9 Å². The molecule has 0 radical (unpaired) electrons. The zero-order chi connectivity index (χ0) is 17.8. The monoisotopic (exact) mass is 398 g/mol. The number of carbonyl (C=O) groups is 1. The molecule has 1 aliphatic rings. The highest BCUT2D eigenvalue weighted by atomic mass is 35.5. The van der Waals surface area contributed by atoms with E-state index in [4.69, 9.17) is 22.1 Å². The van der Waals surface area contributed by atoms with E-state index in [9.17, 15) is 9.18 Å². The van der Waals surface area contributed by atoms with Gasteiger partial charge in [-0.15, -0.1) is 12.4 Å². The molecule has 7 heteroatoms. The smallest absolute Gasteiger partial charge is 0.265 e. The van der Waals surface area contributed by atoms with Crippen LogP contribution in [-0.4, -0.2) is 18.5 Å². The molecule has 1 amide bonds. The number of nitrogens with two attached hydrogens (primary N) is 1. The third-order valence-electron chi connectivity index (χ3n) is 4.22.